The Labute approximate surface area is 189 Å². The maximum absolute atomic E-state index is 13.5. The van der Waals surface area contributed by atoms with Gasteiger partial charge in [-0.3, -0.25) is 4.79 Å². The summed E-state index contributed by atoms with van der Waals surface area (Å²) in [6.07, 6.45) is 0. The number of thioether (sulfide) groups is 2. The second kappa shape index (κ2) is 8.36. The molecule has 8 heteroatoms. The number of carbonyl (C=O) groups excluding carboxylic acids is 1. The highest BCUT2D eigenvalue weighted by molar-refractivity contribution is 8.00. The first kappa shape index (κ1) is 20.1. The topological polar surface area (TPSA) is 63.4 Å². The van der Waals surface area contributed by atoms with Crippen LogP contribution in [0.25, 0.3) is 5.78 Å². The molecule has 0 aliphatic carbocycles. The van der Waals surface area contributed by atoms with Crippen LogP contribution in [-0.4, -0.2) is 37.0 Å². The zero-order valence-corrected chi connectivity index (χ0v) is 18.9. The molecule has 31 heavy (non-hydrogen) atoms. The number of hydrogen-bond acceptors (Lipinski definition) is 6. The van der Waals surface area contributed by atoms with Gasteiger partial charge >= 0.3 is 0 Å². The van der Waals surface area contributed by atoms with Crippen molar-refractivity contribution >= 4 is 40.9 Å². The number of benzene rings is 2. The van der Waals surface area contributed by atoms with Crippen LogP contribution in [0.5, 0.6) is 0 Å². The van der Waals surface area contributed by atoms with E-state index in [1.807, 2.05) is 61.2 Å². The molecule has 1 aliphatic rings. The SMILES string of the molecule is Cc1cc(C)n2nc(SCC(=O)N3c4ccccc4SCC3c3ccccc3)nc2n1. The van der Waals surface area contributed by atoms with Crippen molar-refractivity contribution < 1.29 is 4.79 Å². The van der Waals surface area contributed by atoms with Crippen LogP contribution in [-0.2, 0) is 4.79 Å². The average Bonchev–Trinajstić information content (AvgIpc) is 3.20. The van der Waals surface area contributed by atoms with E-state index in [0.29, 0.717) is 10.9 Å². The van der Waals surface area contributed by atoms with Crippen molar-refractivity contribution in [2.75, 3.05) is 16.4 Å². The van der Waals surface area contributed by atoms with Crippen molar-refractivity contribution in [3.05, 3.63) is 77.6 Å². The van der Waals surface area contributed by atoms with Gasteiger partial charge in [0.1, 0.15) is 0 Å². The number of nitrogens with zero attached hydrogens (tertiary/aromatic N) is 5. The molecule has 5 rings (SSSR count). The molecule has 1 unspecified atom stereocenters. The Hall–Kier alpha value is -2.84. The summed E-state index contributed by atoms with van der Waals surface area (Å²) in [5.74, 6) is 1.70. The maximum atomic E-state index is 13.5. The van der Waals surface area contributed by atoms with Crippen LogP contribution in [0, 0.1) is 13.8 Å². The molecular weight excluding hydrogens is 426 g/mol. The van der Waals surface area contributed by atoms with Crippen LogP contribution in [0.4, 0.5) is 5.69 Å². The number of anilines is 1. The smallest absolute Gasteiger partial charge is 0.253 e. The fourth-order valence-electron chi connectivity index (χ4n) is 3.82. The van der Waals surface area contributed by atoms with Crippen molar-refractivity contribution in [1.29, 1.82) is 0 Å². The Morgan fingerprint density at radius 3 is 2.71 bits per heavy atom. The van der Waals surface area contributed by atoms with Gasteiger partial charge in [0.2, 0.25) is 11.1 Å². The average molecular weight is 448 g/mol. The molecule has 0 N–H and O–H groups in total. The summed E-state index contributed by atoms with van der Waals surface area (Å²) in [7, 11) is 0. The third kappa shape index (κ3) is 3.93. The van der Waals surface area contributed by atoms with Gasteiger partial charge in [-0.05, 0) is 37.6 Å². The predicted octanol–water partition coefficient (Wildman–Crippen LogP) is 4.71. The van der Waals surface area contributed by atoms with E-state index in [4.69, 9.17) is 0 Å². The summed E-state index contributed by atoms with van der Waals surface area (Å²) in [5, 5.41) is 5.08. The first-order valence-corrected chi connectivity index (χ1v) is 12.0. The monoisotopic (exact) mass is 447 g/mol. The van der Waals surface area contributed by atoms with Gasteiger partial charge in [-0.1, -0.05) is 54.2 Å². The highest BCUT2D eigenvalue weighted by Crippen LogP contribution is 2.43. The van der Waals surface area contributed by atoms with Crippen molar-refractivity contribution in [3.63, 3.8) is 0 Å². The minimum Gasteiger partial charge on any atom is -0.302 e. The quantitative estimate of drug-likeness (QED) is 0.422. The zero-order valence-electron chi connectivity index (χ0n) is 17.2. The number of rotatable bonds is 4. The molecule has 6 nitrogen and oxygen atoms in total. The Morgan fingerprint density at radius 2 is 1.87 bits per heavy atom. The van der Waals surface area contributed by atoms with Gasteiger partial charge < -0.3 is 4.90 Å². The van der Waals surface area contributed by atoms with E-state index in [2.05, 4.69) is 33.3 Å². The Kier molecular flexibility index (Phi) is 5.41. The number of aromatic nitrogens is 4. The molecule has 1 atom stereocenters. The van der Waals surface area contributed by atoms with Gasteiger partial charge in [-0.2, -0.15) is 4.98 Å². The van der Waals surface area contributed by atoms with Crippen molar-refractivity contribution in [1.82, 2.24) is 19.6 Å². The van der Waals surface area contributed by atoms with E-state index >= 15 is 0 Å². The molecular formula is C23H21N5OS2. The molecule has 0 fully saturated rings. The van der Waals surface area contributed by atoms with Crippen LogP contribution < -0.4 is 4.90 Å². The predicted molar refractivity (Wildman–Crippen MR) is 125 cm³/mol. The van der Waals surface area contributed by atoms with Crippen molar-refractivity contribution in [3.8, 4) is 0 Å². The standard InChI is InChI=1S/C23H21N5OS2/c1-15-12-16(2)28-22(24-15)25-23(26-28)31-14-21(29)27-18-10-6-7-11-20(18)30-13-19(27)17-8-4-3-5-9-17/h3-12,19H,13-14H2,1-2H3. The number of aryl methyl sites for hydroxylation is 2. The van der Waals surface area contributed by atoms with E-state index in [0.717, 1.165) is 33.3 Å². The lowest BCUT2D eigenvalue weighted by molar-refractivity contribution is -0.116. The molecule has 0 spiro atoms. The first-order chi connectivity index (χ1) is 15.1. The fourth-order valence-corrected chi connectivity index (χ4v) is 5.67. The molecule has 4 aromatic rings. The third-order valence-corrected chi connectivity index (χ3v) is 7.17. The molecule has 2 aromatic carbocycles. The van der Waals surface area contributed by atoms with Gasteiger partial charge in [0.05, 0.1) is 17.5 Å². The van der Waals surface area contributed by atoms with Crippen LogP contribution >= 0.6 is 23.5 Å². The van der Waals surface area contributed by atoms with E-state index in [1.54, 1.807) is 16.3 Å². The highest BCUT2D eigenvalue weighted by Gasteiger charge is 2.32. The highest BCUT2D eigenvalue weighted by atomic mass is 32.2. The van der Waals surface area contributed by atoms with Gasteiger partial charge in [0, 0.05) is 22.0 Å². The summed E-state index contributed by atoms with van der Waals surface area (Å²) in [4.78, 5) is 25.5. The Bertz CT molecular complexity index is 1260. The summed E-state index contributed by atoms with van der Waals surface area (Å²) in [5.41, 5.74) is 3.98. The Balaban J connectivity index is 1.42. The van der Waals surface area contributed by atoms with Gasteiger partial charge in [0.15, 0.2) is 0 Å². The largest absolute Gasteiger partial charge is 0.302 e. The Morgan fingerprint density at radius 1 is 1.10 bits per heavy atom. The van der Waals surface area contributed by atoms with Crippen LogP contribution in [0.2, 0.25) is 0 Å². The minimum atomic E-state index is -0.00483. The normalized spacial score (nSPS) is 15.8. The van der Waals surface area contributed by atoms with Gasteiger partial charge in [0.25, 0.3) is 5.78 Å². The molecule has 1 aliphatic heterocycles. The molecule has 1 amide bonds. The van der Waals surface area contributed by atoms with Gasteiger partial charge in [-0.25, -0.2) is 9.50 Å². The third-order valence-electron chi connectivity index (χ3n) is 5.21. The number of fused-ring (bicyclic) bond motifs is 2. The fraction of sp³-hybridized carbons (Fsp3) is 0.217. The molecule has 0 saturated carbocycles. The summed E-state index contributed by atoms with van der Waals surface area (Å²) in [6, 6.07) is 20.3. The maximum Gasteiger partial charge on any atom is 0.253 e. The van der Waals surface area contributed by atoms with E-state index in [1.165, 1.54) is 11.8 Å². The number of carbonyl (C=O) groups is 1. The number of hydrogen-bond donors (Lipinski definition) is 0. The van der Waals surface area contributed by atoms with Crippen molar-refractivity contribution in [2.45, 2.75) is 29.9 Å². The number of para-hydroxylation sites is 1. The van der Waals surface area contributed by atoms with E-state index < -0.39 is 0 Å². The summed E-state index contributed by atoms with van der Waals surface area (Å²) in [6.45, 7) is 3.91. The lowest BCUT2D eigenvalue weighted by Crippen LogP contribution is -2.39. The second-order valence-electron chi connectivity index (χ2n) is 7.40. The molecule has 156 valence electrons. The first-order valence-electron chi connectivity index (χ1n) is 10.0. The molecule has 2 aromatic heterocycles. The molecule has 3 heterocycles. The summed E-state index contributed by atoms with van der Waals surface area (Å²) < 4.78 is 1.72. The lowest BCUT2D eigenvalue weighted by atomic mass is 10.1. The van der Waals surface area contributed by atoms with Crippen LogP contribution in [0.3, 0.4) is 0 Å². The summed E-state index contributed by atoms with van der Waals surface area (Å²) >= 11 is 3.15. The minimum absolute atomic E-state index is 0.00483. The molecule has 0 radical (unpaired) electrons. The lowest BCUT2D eigenvalue weighted by Gasteiger charge is -2.37. The molecule has 0 saturated heterocycles. The van der Waals surface area contributed by atoms with Crippen molar-refractivity contribution in [2.24, 2.45) is 0 Å². The van der Waals surface area contributed by atoms with Gasteiger partial charge in [-0.15, -0.1) is 16.9 Å². The number of amides is 1. The second-order valence-corrected chi connectivity index (χ2v) is 9.41. The molecule has 0 bridgehead atoms. The van der Waals surface area contributed by atoms with E-state index in [-0.39, 0.29) is 17.7 Å². The van der Waals surface area contributed by atoms with Crippen LogP contribution in [0.15, 0.2) is 70.7 Å². The zero-order chi connectivity index (χ0) is 21.4. The van der Waals surface area contributed by atoms with Crippen LogP contribution in [0.1, 0.15) is 23.0 Å². The van der Waals surface area contributed by atoms with E-state index in [9.17, 15) is 4.79 Å².